The Morgan fingerprint density at radius 2 is 2.00 bits per heavy atom. The molecule has 1 aromatic carbocycles. The van der Waals surface area contributed by atoms with Crippen LogP contribution < -0.4 is 14.5 Å². The summed E-state index contributed by atoms with van der Waals surface area (Å²) < 4.78 is 26.0. The lowest BCUT2D eigenvalue weighted by molar-refractivity contribution is -0.144. The summed E-state index contributed by atoms with van der Waals surface area (Å²) >= 11 is 0. The minimum atomic E-state index is -1.63. The van der Waals surface area contributed by atoms with E-state index < -0.39 is 14.6 Å². The Morgan fingerprint density at radius 1 is 1.24 bits per heavy atom. The summed E-state index contributed by atoms with van der Waals surface area (Å²) in [6.07, 6.45) is 5.04. The van der Waals surface area contributed by atoms with Crippen molar-refractivity contribution in [3.63, 3.8) is 0 Å². The molecule has 1 N–H and O–H groups in total. The van der Waals surface area contributed by atoms with E-state index in [-0.39, 0.29) is 24.2 Å². The van der Waals surface area contributed by atoms with Gasteiger partial charge in [0.2, 0.25) is 0 Å². The van der Waals surface area contributed by atoms with Crippen molar-refractivity contribution in [3.05, 3.63) is 48.4 Å². The van der Waals surface area contributed by atoms with E-state index in [0.717, 1.165) is 29.7 Å². The van der Waals surface area contributed by atoms with Gasteiger partial charge in [-0.3, -0.25) is 4.79 Å². The number of nitrogens with zero attached hydrogens (tertiary/aromatic N) is 4. The van der Waals surface area contributed by atoms with Gasteiger partial charge in [-0.25, -0.2) is 15.1 Å². The van der Waals surface area contributed by atoms with Crippen LogP contribution in [0.4, 0.5) is 5.82 Å². The van der Waals surface area contributed by atoms with Gasteiger partial charge in [-0.15, -0.1) is 0 Å². The maximum atomic E-state index is 12.2. The lowest BCUT2D eigenvalue weighted by Crippen LogP contribution is -2.34. The number of nitrogens with one attached hydrogen (secondary N) is 1. The van der Waals surface area contributed by atoms with Gasteiger partial charge in [-0.1, -0.05) is 26.0 Å². The molecule has 1 aliphatic rings. The Labute approximate surface area is 225 Å². The van der Waals surface area contributed by atoms with Crippen LogP contribution in [0.1, 0.15) is 45.9 Å². The number of esters is 1. The van der Waals surface area contributed by atoms with Crippen molar-refractivity contribution in [2.24, 2.45) is 5.92 Å². The second-order valence-electron chi connectivity index (χ2n) is 9.66. The minimum Gasteiger partial charge on any atom is -0.465 e. The van der Waals surface area contributed by atoms with E-state index in [1.54, 1.807) is 20.2 Å². The maximum absolute atomic E-state index is 12.2. The van der Waals surface area contributed by atoms with E-state index >= 15 is 0 Å². The number of ether oxygens (including phenoxy) is 2. The number of benzene rings is 1. The van der Waals surface area contributed by atoms with Gasteiger partial charge in [0.05, 0.1) is 24.7 Å². The molecule has 1 saturated heterocycles. The van der Waals surface area contributed by atoms with E-state index in [4.69, 9.17) is 18.5 Å². The number of rotatable bonds is 12. The molecule has 3 aromatic rings. The highest BCUT2D eigenvalue weighted by Gasteiger charge is 2.35. The summed E-state index contributed by atoms with van der Waals surface area (Å²) in [5.74, 6) is 1.44. The molecule has 5 atom stereocenters. The predicted molar refractivity (Wildman–Crippen MR) is 148 cm³/mol. The normalized spacial score (nSPS) is 20.8. The number of aryl methyl sites for hydroxylation is 1. The molecule has 10 nitrogen and oxygen atoms in total. The van der Waals surface area contributed by atoms with Gasteiger partial charge in [0, 0.05) is 26.2 Å². The SMILES string of the molecule is CCOC(=O)C(C)NP(OCC1CC(C)C(n2ccc3c(N(C)C)ncnc32)O1)Oc1ccc(CC)cc1. The van der Waals surface area contributed by atoms with E-state index in [9.17, 15) is 4.79 Å². The van der Waals surface area contributed by atoms with Crippen molar-refractivity contribution in [1.29, 1.82) is 0 Å². The zero-order valence-electron chi connectivity index (χ0n) is 23.0. The smallest absolute Gasteiger partial charge is 0.323 e. The standard InChI is InChI=1S/C27H38N5O5P/c1-7-20-9-11-21(12-10-20)37-38(30-19(4)27(33)34-8-2)35-16-22-15-18(3)26(36-22)32-14-13-23-24(31(5)6)28-17-29-25(23)32/h9-14,17-19,22,26,30H,7-8,15-16H2,1-6H3. The van der Waals surface area contributed by atoms with Gasteiger partial charge < -0.3 is 28.0 Å². The first kappa shape index (κ1) is 28.2. The molecule has 0 radical (unpaired) electrons. The zero-order valence-corrected chi connectivity index (χ0v) is 23.9. The third-order valence-electron chi connectivity index (χ3n) is 6.48. The van der Waals surface area contributed by atoms with Crippen LogP contribution in [-0.4, -0.2) is 60.0 Å². The van der Waals surface area contributed by atoms with Crippen LogP contribution in [0, 0.1) is 5.92 Å². The van der Waals surface area contributed by atoms with Crippen molar-refractivity contribution < 1.29 is 23.3 Å². The summed E-state index contributed by atoms with van der Waals surface area (Å²) in [4.78, 5) is 23.2. The average molecular weight is 544 g/mol. The molecule has 2 aromatic heterocycles. The minimum absolute atomic E-state index is 0.140. The molecule has 4 rings (SSSR count). The highest BCUT2D eigenvalue weighted by Crippen LogP contribution is 2.41. The Morgan fingerprint density at radius 3 is 2.68 bits per heavy atom. The summed E-state index contributed by atoms with van der Waals surface area (Å²) in [5, 5.41) is 4.14. The first-order valence-electron chi connectivity index (χ1n) is 13.1. The number of carbonyl (C=O) groups excluding carboxylic acids is 1. The van der Waals surface area contributed by atoms with Gasteiger partial charge in [0.1, 0.15) is 35.8 Å². The van der Waals surface area contributed by atoms with E-state index in [1.807, 2.05) is 55.5 Å². The third kappa shape index (κ3) is 6.61. The van der Waals surface area contributed by atoms with Crippen molar-refractivity contribution in [1.82, 2.24) is 19.6 Å². The fourth-order valence-electron chi connectivity index (χ4n) is 4.48. The quantitative estimate of drug-likeness (QED) is 0.254. The second kappa shape index (κ2) is 12.8. The maximum Gasteiger partial charge on any atom is 0.323 e. The molecule has 11 heteroatoms. The molecule has 206 valence electrons. The van der Waals surface area contributed by atoms with Crippen molar-refractivity contribution >= 4 is 31.3 Å². The first-order valence-corrected chi connectivity index (χ1v) is 14.3. The van der Waals surface area contributed by atoms with E-state index in [2.05, 4.69) is 33.5 Å². The van der Waals surface area contributed by atoms with Crippen LogP contribution in [0.15, 0.2) is 42.9 Å². The van der Waals surface area contributed by atoms with Gasteiger partial charge in [0.15, 0.2) is 0 Å². The topological polar surface area (TPSA) is 100.0 Å². The van der Waals surface area contributed by atoms with Crippen LogP contribution in [0.5, 0.6) is 5.75 Å². The third-order valence-corrected chi connectivity index (χ3v) is 7.83. The first-order chi connectivity index (χ1) is 18.3. The molecule has 0 amide bonds. The number of hydrogen-bond donors (Lipinski definition) is 1. The van der Waals surface area contributed by atoms with Crippen LogP contribution in [-0.2, 0) is 25.2 Å². The van der Waals surface area contributed by atoms with Crippen LogP contribution in [0.25, 0.3) is 11.0 Å². The fourth-order valence-corrected chi connectivity index (χ4v) is 5.70. The van der Waals surface area contributed by atoms with Gasteiger partial charge in [0.25, 0.3) is 0 Å². The van der Waals surface area contributed by atoms with Crippen LogP contribution >= 0.6 is 8.53 Å². The molecule has 5 unspecified atom stereocenters. The predicted octanol–water partition coefficient (Wildman–Crippen LogP) is 4.85. The Bertz CT molecular complexity index is 1200. The lowest BCUT2D eigenvalue weighted by atomic mass is 10.1. The molecular formula is C27H38N5O5P. The highest BCUT2D eigenvalue weighted by atomic mass is 31.2. The van der Waals surface area contributed by atoms with E-state index in [1.165, 1.54) is 5.56 Å². The second-order valence-corrected chi connectivity index (χ2v) is 10.9. The molecule has 0 spiro atoms. The molecule has 0 aliphatic carbocycles. The fraction of sp³-hybridized carbons (Fsp3) is 0.519. The number of hydrogen-bond acceptors (Lipinski definition) is 9. The molecule has 38 heavy (non-hydrogen) atoms. The van der Waals surface area contributed by atoms with Gasteiger partial charge >= 0.3 is 14.5 Å². The average Bonchev–Trinajstić information content (AvgIpc) is 3.50. The van der Waals surface area contributed by atoms with Crippen molar-refractivity contribution in [2.45, 2.75) is 58.9 Å². The molecule has 0 saturated carbocycles. The molecule has 1 fully saturated rings. The van der Waals surface area contributed by atoms with Crippen LogP contribution in [0.3, 0.4) is 0 Å². The Balaban J connectivity index is 1.43. The Kier molecular flexibility index (Phi) is 9.54. The van der Waals surface area contributed by atoms with Crippen molar-refractivity contribution in [3.8, 4) is 5.75 Å². The van der Waals surface area contributed by atoms with E-state index in [0.29, 0.717) is 19.0 Å². The Hall–Kier alpha value is -2.78. The number of anilines is 1. The molecular weight excluding hydrogens is 505 g/mol. The molecule has 1 aliphatic heterocycles. The van der Waals surface area contributed by atoms with Crippen molar-refractivity contribution in [2.75, 3.05) is 32.2 Å². The highest BCUT2D eigenvalue weighted by molar-refractivity contribution is 7.45. The van der Waals surface area contributed by atoms with Crippen LogP contribution in [0.2, 0.25) is 0 Å². The van der Waals surface area contributed by atoms with Gasteiger partial charge in [-0.05, 0) is 50.5 Å². The van der Waals surface area contributed by atoms with Gasteiger partial charge in [-0.2, -0.15) is 0 Å². The monoisotopic (exact) mass is 543 g/mol. The number of aromatic nitrogens is 3. The zero-order chi connectivity index (χ0) is 27.2. The summed E-state index contributed by atoms with van der Waals surface area (Å²) in [6, 6.07) is 9.33. The molecule has 0 bridgehead atoms. The largest absolute Gasteiger partial charge is 0.465 e. The number of carbonyl (C=O) groups is 1. The lowest BCUT2D eigenvalue weighted by Gasteiger charge is -2.23. The summed E-state index contributed by atoms with van der Waals surface area (Å²) in [7, 11) is 2.31. The molecule has 3 heterocycles. The summed E-state index contributed by atoms with van der Waals surface area (Å²) in [5.41, 5.74) is 2.06. The number of fused-ring (bicyclic) bond motifs is 1. The summed E-state index contributed by atoms with van der Waals surface area (Å²) in [6.45, 7) is 8.43.